The Kier molecular flexibility index (Phi) is 4.52. The van der Waals surface area contributed by atoms with Gasteiger partial charge in [0.05, 0.1) is 0 Å². The number of para-hydroxylation sites is 1. The Morgan fingerprint density at radius 1 is 1.42 bits per heavy atom. The Labute approximate surface area is 112 Å². The van der Waals surface area contributed by atoms with Gasteiger partial charge < -0.3 is 16.0 Å². The van der Waals surface area contributed by atoms with E-state index in [4.69, 9.17) is 0 Å². The maximum absolute atomic E-state index is 12.0. The fourth-order valence-electron chi connectivity index (χ4n) is 2.09. The molecule has 0 aromatic heterocycles. The lowest BCUT2D eigenvalue weighted by Crippen LogP contribution is -2.37. The number of carbonyl (C=O) groups excluding carboxylic acids is 2. The average molecular weight is 261 g/mol. The van der Waals surface area contributed by atoms with E-state index in [0.29, 0.717) is 19.4 Å². The number of carbonyl (C=O) groups is 2. The molecule has 1 aromatic carbocycles. The van der Waals surface area contributed by atoms with Crippen LogP contribution in [0.15, 0.2) is 24.3 Å². The smallest absolute Gasteiger partial charge is 0.246 e. The molecule has 5 nitrogen and oxygen atoms in total. The Morgan fingerprint density at radius 2 is 2.21 bits per heavy atom. The summed E-state index contributed by atoms with van der Waals surface area (Å²) in [6, 6.07) is 7.28. The van der Waals surface area contributed by atoms with Crippen LogP contribution < -0.4 is 16.0 Å². The molecule has 1 saturated heterocycles. The van der Waals surface area contributed by atoms with Gasteiger partial charge in [-0.2, -0.15) is 0 Å². The minimum atomic E-state index is -0.403. The number of anilines is 1. The normalized spacial score (nSPS) is 18.2. The van der Waals surface area contributed by atoms with Gasteiger partial charge in [-0.15, -0.1) is 0 Å². The van der Waals surface area contributed by atoms with Crippen LogP contribution >= 0.6 is 0 Å². The van der Waals surface area contributed by atoms with E-state index < -0.39 is 6.04 Å². The van der Waals surface area contributed by atoms with E-state index in [0.717, 1.165) is 17.8 Å². The quantitative estimate of drug-likeness (QED) is 0.741. The van der Waals surface area contributed by atoms with E-state index >= 15 is 0 Å². The molecule has 19 heavy (non-hydrogen) atoms. The second-order valence-electron chi connectivity index (χ2n) is 4.59. The molecule has 3 N–H and O–H groups in total. The van der Waals surface area contributed by atoms with Gasteiger partial charge in [-0.25, -0.2) is 0 Å². The van der Waals surface area contributed by atoms with Crippen molar-refractivity contribution in [3.63, 3.8) is 0 Å². The predicted molar refractivity (Wildman–Crippen MR) is 73.6 cm³/mol. The third-order valence-corrected chi connectivity index (χ3v) is 3.15. The molecule has 0 aliphatic carbocycles. The summed E-state index contributed by atoms with van der Waals surface area (Å²) in [5, 5.41) is 8.79. The molecule has 1 fully saturated rings. The van der Waals surface area contributed by atoms with Crippen LogP contribution in [0.25, 0.3) is 0 Å². The minimum absolute atomic E-state index is 0.0546. The van der Waals surface area contributed by atoms with Crippen LogP contribution in [-0.2, 0) is 16.1 Å². The summed E-state index contributed by atoms with van der Waals surface area (Å²) >= 11 is 0. The van der Waals surface area contributed by atoms with Crippen molar-refractivity contribution < 1.29 is 9.59 Å². The highest BCUT2D eigenvalue weighted by Gasteiger charge is 2.27. The van der Waals surface area contributed by atoms with E-state index in [9.17, 15) is 9.59 Å². The highest BCUT2D eigenvalue weighted by atomic mass is 16.2. The van der Waals surface area contributed by atoms with Gasteiger partial charge in [-0.3, -0.25) is 9.59 Å². The summed E-state index contributed by atoms with van der Waals surface area (Å²) in [7, 11) is 0. The van der Waals surface area contributed by atoms with Crippen LogP contribution in [0.4, 0.5) is 5.69 Å². The van der Waals surface area contributed by atoms with Crippen LogP contribution in [0.5, 0.6) is 0 Å². The Morgan fingerprint density at radius 3 is 2.89 bits per heavy atom. The first-order valence-corrected chi connectivity index (χ1v) is 6.59. The van der Waals surface area contributed by atoms with Gasteiger partial charge in [0.25, 0.3) is 0 Å². The van der Waals surface area contributed by atoms with Crippen molar-refractivity contribution in [3.05, 3.63) is 29.8 Å². The number of rotatable bonds is 5. The fraction of sp³-hybridized carbons (Fsp3) is 0.429. The molecule has 1 unspecified atom stereocenters. The lowest BCUT2D eigenvalue weighted by Gasteiger charge is -2.14. The Balaban J connectivity index is 2.01. The summed E-state index contributed by atoms with van der Waals surface area (Å²) in [4.78, 5) is 23.2. The molecule has 1 aliphatic heterocycles. The van der Waals surface area contributed by atoms with Crippen LogP contribution in [0.1, 0.15) is 25.3 Å². The molecule has 0 saturated carbocycles. The van der Waals surface area contributed by atoms with Crippen molar-refractivity contribution in [2.24, 2.45) is 0 Å². The zero-order chi connectivity index (χ0) is 13.7. The number of benzene rings is 1. The van der Waals surface area contributed by atoms with Crippen molar-refractivity contribution >= 4 is 17.5 Å². The standard InChI is InChI=1S/C14H19N3O2/c1-2-15-9-10-5-3-4-6-11(10)17-14(19)12-7-8-13(18)16-12/h3-6,12,15H,2,7-9H2,1H3,(H,16,18)(H,17,19). The van der Waals surface area contributed by atoms with Crippen LogP contribution in [-0.4, -0.2) is 24.4 Å². The lowest BCUT2D eigenvalue weighted by atomic mass is 10.1. The van der Waals surface area contributed by atoms with E-state index in [-0.39, 0.29) is 11.8 Å². The maximum atomic E-state index is 12.0. The monoisotopic (exact) mass is 261 g/mol. The molecule has 1 aromatic rings. The lowest BCUT2D eigenvalue weighted by molar-refractivity contribution is -0.122. The van der Waals surface area contributed by atoms with Crippen molar-refractivity contribution in [1.82, 2.24) is 10.6 Å². The number of hydrogen-bond donors (Lipinski definition) is 3. The third-order valence-electron chi connectivity index (χ3n) is 3.15. The number of nitrogens with one attached hydrogen (secondary N) is 3. The summed E-state index contributed by atoms with van der Waals surface area (Å²) in [6.45, 7) is 3.63. The first-order chi connectivity index (χ1) is 9.20. The molecule has 0 radical (unpaired) electrons. The molecule has 0 bridgehead atoms. The van der Waals surface area contributed by atoms with Gasteiger partial charge >= 0.3 is 0 Å². The maximum Gasteiger partial charge on any atom is 0.246 e. The Bertz CT molecular complexity index is 474. The SMILES string of the molecule is CCNCc1ccccc1NC(=O)C1CCC(=O)N1. The molecule has 2 rings (SSSR count). The van der Waals surface area contributed by atoms with Crippen molar-refractivity contribution in [2.45, 2.75) is 32.4 Å². The molecular formula is C14H19N3O2. The second-order valence-corrected chi connectivity index (χ2v) is 4.59. The summed E-state index contributed by atoms with van der Waals surface area (Å²) in [5.41, 5.74) is 1.84. The summed E-state index contributed by atoms with van der Waals surface area (Å²) in [5.74, 6) is -0.198. The van der Waals surface area contributed by atoms with Crippen molar-refractivity contribution in [3.8, 4) is 0 Å². The van der Waals surface area contributed by atoms with Crippen LogP contribution in [0, 0.1) is 0 Å². The number of hydrogen-bond acceptors (Lipinski definition) is 3. The van der Waals surface area contributed by atoms with Crippen molar-refractivity contribution in [1.29, 1.82) is 0 Å². The van der Waals surface area contributed by atoms with Gasteiger partial charge in [-0.1, -0.05) is 25.1 Å². The summed E-state index contributed by atoms with van der Waals surface area (Å²) in [6.07, 6.45) is 0.997. The van der Waals surface area contributed by atoms with Gasteiger partial charge in [0.2, 0.25) is 11.8 Å². The van der Waals surface area contributed by atoms with E-state index in [1.54, 1.807) is 0 Å². The summed E-state index contributed by atoms with van der Waals surface area (Å²) < 4.78 is 0. The highest BCUT2D eigenvalue weighted by molar-refractivity contribution is 5.99. The van der Waals surface area contributed by atoms with E-state index in [2.05, 4.69) is 16.0 Å². The molecule has 2 amide bonds. The molecular weight excluding hydrogens is 242 g/mol. The van der Waals surface area contributed by atoms with Gasteiger partial charge in [0.1, 0.15) is 6.04 Å². The van der Waals surface area contributed by atoms with Crippen LogP contribution in [0.2, 0.25) is 0 Å². The fourth-order valence-corrected chi connectivity index (χ4v) is 2.09. The molecule has 1 heterocycles. The largest absolute Gasteiger partial charge is 0.344 e. The number of amides is 2. The van der Waals surface area contributed by atoms with Gasteiger partial charge in [0, 0.05) is 18.7 Å². The first kappa shape index (κ1) is 13.5. The molecule has 1 aliphatic rings. The van der Waals surface area contributed by atoms with Gasteiger partial charge in [0.15, 0.2) is 0 Å². The highest BCUT2D eigenvalue weighted by Crippen LogP contribution is 2.16. The third kappa shape index (κ3) is 3.54. The topological polar surface area (TPSA) is 70.2 Å². The molecule has 102 valence electrons. The first-order valence-electron chi connectivity index (χ1n) is 6.59. The molecule has 5 heteroatoms. The minimum Gasteiger partial charge on any atom is -0.344 e. The van der Waals surface area contributed by atoms with Crippen LogP contribution in [0.3, 0.4) is 0 Å². The van der Waals surface area contributed by atoms with Crippen molar-refractivity contribution in [2.75, 3.05) is 11.9 Å². The predicted octanol–water partition coefficient (Wildman–Crippen LogP) is 1.01. The second kappa shape index (κ2) is 6.33. The van der Waals surface area contributed by atoms with E-state index in [1.807, 2.05) is 31.2 Å². The molecule has 0 spiro atoms. The zero-order valence-corrected chi connectivity index (χ0v) is 11.0. The Hall–Kier alpha value is -1.88. The molecule has 1 atom stereocenters. The van der Waals surface area contributed by atoms with Gasteiger partial charge in [-0.05, 0) is 24.6 Å². The average Bonchev–Trinajstić information content (AvgIpc) is 2.84. The zero-order valence-electron chi connectivity index (χ0n) is 11.0. The van der Waals surface area contributed by atoms with E-state index in [1.165, 1.54) is 0 Å².